The summed E-state index contributed by atoms with van der Waals surface area (Å²) >= 11 is 3.51. The summed E-state index contributed by atoms with van der Waals surface area (Å²) in [6.45, 7) is 4.08. The van der Waals surface area contributed by atoms with Crippen molar-refractivity contribution in [1.29, 1.82) is 0 Å². The van der Waals surface area contributed by atoms with E-state index < -0.39 is 7.92 Å². The van der Waals surface area contributed by atoms with Gasteiger partial charge in [-0.3, -0.25) is 4.79 Å². The molecule has 0 aromatic heterocycles. The van der Waals surface area contributed by atoms with E-state index in [4.69, 9.17) is 0 Å². The van der Waals surface area contributed by atoms with Crippen LogP contribution in [-0.4, -0.2) is 5.52 Å². The van der Waals surface area contributed by atoms with E-state index in [-0.39, 0.29) is 5.52 Å². The Morgan fingerprint density at radius 2 is 1.28 bits per heavy atom. The third kappa shape index (κ3) is 3.92. The highest BCUT2D eigenvalue weighted by Gasteiger charge is 2.26. The lowest BCUT2D eigenvalue weighted by atomic mass is 10.0. The summed E-state index contributed by atoms with van der Waals surface area (Å²) in [4.78, 5) is 13.6. The van der Waals surface area contributed by atoms with Gasteiger partial charge in [0.1, 0.15) is 0 Å². The maximum absolute atomic E-state index is 13.6. The van der Waals surface area contributed by atoms with Crippen molar-refractivity contribution in [3.05, 3.63) is 95.1 Å². The second-order valence-electron chi connectivity index (χ2n) is 6.05. The van der Waals surface area contributed by atoms with Gasteiger partial charge in [-0.1, -0.05) is 88.7 Å². The first-order valence-electron chi connectivity index (χ1n) is 8.22. The summed E-state index contributed by atoms with van der Waals surface area (Å²) < 4.78 is 0. The van der Waals surface area contributed by atoms with Crippen LogP contribution in [0.2, 0.25) is 0 Å². The fraction of sp³-hybridized carbons (Fsp3) is 0.136. The van der Waals surface area contributed by atoms with Crippen molar-refractivity contribution in [2.24, 2.45) is 0 Å². The zero-order valence-electron chi connectivity index (χ0n) is 14.4. The Morgan fingerprint density at radius 1 is 0.840 bits per heavy atom. The fourth-order valence-corrected chi connectivity index (χ4v) is 5.72. The monoisotopic (exact) mass is 410 g/mol. The Kier molecular flexibility index (Phi) is 5.83. The van der Waals surface area contributed by atoms with Gasteiger partial charge < -0.3 is 0 Å². The lowest BCUT2D eigenvalue weighted by molar-refractivity contribution is 0.108. The first-order valence-corrected chi connectivity index (χ1v) is 10.7. The standard InChI is InChI=1S/C22H20BrOP/c1-16-13-18(15-23)14-17(2)21(16)22(24)25(19-9-5-3-6-10-19)20-11-7-4-8-12-20/h3-14H,15H2,1-2H3. The Morgan fingerprint density at radius 3 is 1.68 bits per heavy atom. The summed E-state index contributed by atoms with van der Waals surface area (Å²) in [5.74, 6) is 0. The molecule has 3 rings (SSSR count). The van der Waals surface area contributed by atoms with Crippen molar-refractivity contribution >= 4 is 40.0 Å². The third-order valence-electron chi connectivity index (χ3n) is 4.19. The first-order chi connectivity index (χ1) is 12.1. The van der Waals surface area contributed by atoms with E-state index in [2.05, 4.69) is 52.3 Å². The van der Waals surface area contributed by atoms with Gasteiger partial charge in [-0.2, -0.15) is 0 Å². The number of alkyl halides is 1. The molecule has 0 saturated heterocycles. The van der Waals surface area contributed by atoms with Gasteiger partial charge in [-0.05, 0) is 41.1 Å². The molecule has 0 aliphatic rings. The quantitative estimate of drug-likeness (QED) is 0.402. The second kappa shape index (κ2) is 8.08. The van der Waals surface area contributed by atoms with E-state index in [1.54, 1.807) is 0 Å². The van der Waals surface area contributed by atoms with Gasteiger partial charge in [0.25, 0.3) is 0 Å². The largest absolute Gasteiger partial charge is 0.288 e. The predicted octanol–water partition coefficient (Wildman–Crippen LogP) is 5.47. The molecule has 25 heavy (non-hydrogen) atoms. The number of carbonyl (C=O) groups is 1. The van der Waals surface area contributed by atoms with E-state index in [0.717, 1.165) is 32.6 Å². The molecule has 0 saturated carbocycles. The molecule has 1 nitrogen and oxygen atoms in total. The minimum Gasteiger partial charge on any atom is -0.288 e. The van der Waals surface area contributed by atoms with Crippen molar-refractivity contribution < 1.29 is 4.79 Å². The number of rotatable bonds is 5. The zero-order valence-corrected chi connectivity index (χ0v) is 16.8. The number of halogens is 1. The molecule has 0 heterocycles. The molecule has 0 bridgehead atoms. The van der Waals surface area contributed by atoms with Gasteiger partial charge in [0.05, 0.1) is 0 Å². The average molecular weight is 411 g/mol. The molecule has 126 valence electrons. The molecular weight excluding hydrogens is 391 g/mol. The number of hydrogen-bond acceptors (Lipinski definition) is 1. The van der Waals surface area contributed by atoms with Crippen LogP contribution < -0.4 is 10.6 Å². The molecule has 0 atom stereocenters. The van der Waals surface area contributed by atoms with Gasteiger partial charge in [-0.25, -0.2) is 0 Å². The Bertz CT molecular complexity index is 813. The molecule has 0 spiro atoms. The van der Waals surface area contributed by atoms with Crippen molar-refractivity contribution in [2.45, 2.75) is 19.2 Å². The lowest BCUT2D eigenvalue weighted by Gasteiger charge is -2.20. The molecule has 0 aliphatic carbocycles. The van der Waals surface area contributed by atoms with Crippen LogP contribution in [0.4, 0.5) is 0 Å². The highest BCUT2D eigenvalue weighted by Crippen LogP contribution is 2.39. The molecule has 0 fully saturated rings. The normalized spacial score (nSPS) is 10.9. The van der Waals surface area contributed by atoms with Crippen molar-refractivity contribution in [3.8, 4) is 0 Å². The van der Waals surface area contributed by atoms with Crippen LogP contribution >= 0.6 is 23.9 Å². The van der Waals surface area contributed by atoms with Crippen molar-refractivity contribution in [2.75, 3.05) is 0 Å². The van der Waals surface area contributed by atoms with Gasteiger partial charge in [-0.15, -0.1) is 0 Å². The minimum absolute atomic E-state index is 0.225. The number of aryl methyl sites for hydroxylation is 2. The van der Waals surface area contributed by atoms with E-state index in [1.807, 2.05) is 50.2 Å². The SMILES string of the molecule is Cc1cc(CBr)cc(C)c1C(=O)P(c1ccccc1)c1ccccc1. The van der Waals surface area contributed by atoms with E-state index in [0.29, 0.717) is 0 Å². The Balaban J connectivity index is 2.13. The fourth-order valence-electron chi connectivity index (χ4n) is 3.12. The van der Waals surface area contributed by atoms with Crippen LogP contribution in [0.1, 0.15) is 27.0 Å². The van der Waals surface area contributed by atoms with Gasteiger partial charge in [0.15, 0.2) is 5.52 Å². The maximum Gasteiger partial charge on any atom is 0.193 e. The van der Waals surface area contributed by atoms with Crippen LogP contribution in [-0.2, 0) is 5.33 Å². The predicted molar refractivity (Wildman–Crippen MR) is 112 cm³/mol. The van der Waals surface area contributed by atoms with Crippen LogP contribution in [0, 0.1) is 13.8 Å². The summed E-state index contributed by atoms with van der Waals surface area (Å²) in [6, 6.07) is 24.5. The molecule has 3 heteroatoms. The molecule has 3 aromatic carbocycles. The Labute approximate surface area is 159 Å². The third-order valence-corrected chi connectivity index (χ3v) is 7.10. The maximum atomic E-state index is 13.6. The van der Waals surface area contributed by atoms with E-state index in [1.165, 1.54) is 5.56 Å². The second-order valence-corrected chi connectivity index (χ2v) is 8.72. The molecule has 0 unspecified atom stereocenters. The summed E-state index contributed by atoms with van der Waals surface area (Å²) in [7, 11) is -1.09. The smallest absolute Gasteiger partial charge is 0.193 e. The minimum atomic E-state index is -1.09. The molecular formula is C22H20BrOP. The van der Waals surface area contributed by atoms with Gasteiger partial charge in [0.2, 0.25) is 0 Å². The highest BCUT2D eigenvalue weighted by molar-refractivity contribution is 9.08. The topological polar surface area (TPSA) is 17.1 Å². The first kappa shape index (κ1) is 18.0. The summed E-state index contributed by atoms with van der Waals surface area (Å²) in [6.07, 6.45) is 0. The number of hydrogen-bond donors (Lipinski definition) is 0. The molecule has 3 aromatic rings. The van der Waals surface area contributed by atoms with E-state index >= 15 is 0 Å². The molecule has 0 aliphatic heterocycles. The van der Waals surface area contributed by atoms with Crippen LogP contribution in [0.5, 0.6) is 0 Å². The molecule has 0 amide bonds. The summed E-state index contributed by atoms with van der Waals surface area (Å²) in [5.41, 5.74) is 4.40. The number of benzene rings is 3. The molecule has 0 radical (unpaired) electrons. The van der Waals surface area contributed by atoms with Crippen LogP contribution in [0.15, 0.2) is 72.8 Å². The van der Waals surface area contributed by atoms with Crippen molar-refractivity contribution in [1.82, 2.24) is 0 Å². The summed E-state index contributed by atoms with van der Waals surface area (Å²) in [5, 5.41) is 2.99. The van der Waals surface area contributed by atoms with E-state index in [9.17, 15) is 4.79 Å². The van der Waals surface area contributed by atoms with Crippen LogP contribution in [0.3, 0.4) is 0 Å². The van der Waals surface area contributed by atoms with Crippen molar-refractivity contribution in [3.63, 3.8) is 0 Å². The number of carbonyl (C=O) groups excluding carboxylic acids is 1. The van der Waals surface area contributed by atoms with Crippen LogP contribution in [0.25, 0.3) is 0 Å². The lowest BCUT2D eigenvalue weighted by Crippen LogP contribution is -2.19. The highest BCUT2D eigenvalue weighted by atomic mass is 79.9. The van der Waals surface area contributed by atoms with Gasteiger partial charge in [0, 0.05) is 18.8 Å². The zero-order chi connectivity index (χ0) is 17.8. The molecule has 0 N–H and O–H groups in total. The van der Waals surface area contributed by atoms with Gasteiger partial charge >= 0.3 is 0 Å². The Hall–Kier alpha value is -1.76. The average Bonchev–Trinajstić information content (AvgIpc) is 2.63.